The SMILES string of the molecule is CCCC(O)C(CC)N1CCC(Cc2ccccc2)CC1. The summed E-state index contributed by atoms with van der Waals surface area (Å²) >= 11 is 0. The van der Waals surface area contributed by atoms with Crippen molar-refractivity contribution in [3.63, 3.8) is 0 Å². The van der Waals surface area contributed by atoms with Crippen LogP contribution in [0.25, 0.3) is 0 Å². The summed E-state index contributed by atoms with van der Waals surface area (Å²) in [5.74, 6) is 0.810. The summed E-state index contributed by atoms with van der Waals surface area (Å²) in [4.78, 5) is 2.53. The summed E-state index contributed by atoms with van der Waals surface area (Å²) in [5.41, 5.74) is 1.47. The van der Waals surface area contributed by atoms with E-state index in [9.17, 15) is 5.11 Å². The van der Waals surface area contributed by atoms with Gasteiger partial charge in [-0.05, 0) is 56.7 Å². The Morgan fingerprint density at radius 2 is 1.81 bits per heavy atom. The van der Waals surface area contributed by atoms with Crippen LogP contribution in [-0.4, -0.2) is 35.2 Å². The van der Waals surface area contributed by atoms with Crippen LogP contribution in [0.15, 0.2) is 30.3 Å². The molecule has 1 aromatic rings. The molecule has 0 spiro atoms. The Morgan fingerprint density at radius 3 is 2.38 bits per heavy atom. The number of piperidine rings is 1. The van der Waals surface area contributed by atoms with E-state index in [-0.39, 0.29) is 6.10 Å². The number of likely N-dealkylation sites (tertiary alicyclic amines) is 1. The first-order chi connectivity index (χ1) is 10.2. The Morgan fingerprint density at radius 1 is 1.14 bits per heavy atom. The molecular weight excluding hydrogens is 258 g/mol. The second kappa shape index (κ2) is 8.55. The van der Waals surface area contributed by atoms with Crippen LogP contribution in [0.2, 0.25) is 0 Å². The Hall–Kier alpha value is -0.860. The lowest BCUT2D eigenvalue weighted by Gasteiger charge is -2.39. The van der Waals surface area contributed by atoms with Crippen molar-refractivity contribution in [3.8, 4) is 0 Å². The van der Waals surface area contributed by atoms with Crippen LogP contribution in [0.3, 0.4) is 0 Å². The highest BCUT2D eigenvalue weighted by atomic mass is 16.3. The van der Waals surface area contributed by atoms with Crippen molar-refractivity contribution in [1.29, 1.82) is 0 Å². The molecule has 1 N–H and O–H groups in total. The molecular formula is C19H31NO. The van der Waals surface area contributed by atoms with Crippen molar-refractivity contribution in [3.05, 3.63) is 35.9 Å². The van der Waals surface area contributed by atoms with Gasteiger partial charge in [-0.15, -0.1) is 0 Å². The number of hydrogen-bond acceptors (Lipinski definition) is 2. The number of hydrogen-bond donors (Lipinski definition) is 1. The normalized spacial score (nSPS) is 20.3. The fourth-order valence-corrected chi connectivity index (χ4v) is 3.70. The first-order valence-corrected chi connectivity index (χ1v) is 8.70. The van der Waals surface area contributed by atoms with Crippen LogP contribution in [0.5, 0.6) is 0 Å². The van der Waals surface area contributed by atoms with Crippen molar-refractivity contribution in [2.45, 2.75) is 64.5 Å². The van der Waals surface area contributed by atoms with Crippen LogP contribution in [0.4, 0.5) is 0 Å². The van der Waals surface area contributed by atoms with Gasteiger partial charge in [-0.25, -0.2) is 0 Å². The monoisotopic (exact) mass is 289 g/mol. The molecule has 2 unspecified atom stereocenters. The molecule has 0 amide bonds. The quantitative estimate of drug-likeness (QED) is 0.823. The van der Waals surface area contributed by atoms with Crippen LogP contribution < -0.4 is 0 Å². The van der Waals surface area contributed by atoms with E-state index in [2.05, 4.69) is 49.1 Å². The second-order valence-corrected chi connectivity index (χ2v) is 6.50. The van der Waals surface area contributed by atoms with Crippen molar-refractivity contribution in [2.75, 3.05) is 13.1 Å². The van der Waals surface area contributed by atoms with Crippen LogP contribution in [0, 0.1) is 5.92 Å². The third-order valence-electron chi connectivity index (χ3n) is 4.93. The number of aliphatic hydroxyl groups is 1. The molecule has 118 valence electrons. The molecule has 0 saturated carbocycles. The van der Waals surface area contributed by atoms with Gasteiger partial charge in [-0.1, -0.05) is 50.6 Å². The summed E-state index contributed by atoms with van der Waals surface area (Å²) in [6.45, 7) is 6.66. The molecule has 2 atom stereocenters. The highest BCUT2D eigenvalue weighted by Gasteiger charge is 2.28. The largest absolute Gasteiger partial charge is 0.391 e. The highest BCUT2D eigenvalue weighted by molar-refractivity contribution is 5.15. The summed E-state index contributed by atoms with van der Waals surface area (Å²) < 4.78 is 0. The van der Waals surface area contributed by atoms with Gasteiger partial charge >= 0.3 is 0 Å². The van der Waals surface area contributed by atoms with E-state index in [0.717, 1.165) is 38.3 Å². The molecule has 0 aliphatic carbocycles. The standard InChI is InChI=1S/C19H31NO/c1-3-8-19(21)18(4-2)20-13-11-17(12-14-20)15-16-9-6-5-7-10-16/h5-7,9-10,17-19,21H,3-4,8,11-15H2,1-2H3. The number of rotatable bonds is 7. The zero-order valence-corrected chi connectivity index (χ0v) is 13.7. The van der Waals surface area contributed by atoms with Gasteiger partial charge in [0.15, 0.2) is 0 Å². The van der Waals surface area contributed by atoms with Crippen molar-refractivity contribution < 1.29 is 5.11 Å². The first kappa shape index (κ1) is 16.5. The number of benzene rings is 1. The van der Waals surface area contributed by atoms with E-state index >= 15 is 0 Å². The zero-order chi connectivity index (χ0) is 15.1. The van der Waals surface area contributed by atoms with Crippen LogP contribution in [0.1, 0.15) is 51.5 Å². The van der Waals surface area contributed by atoms with E-state index in [1.165, 1.54) is 24.8 Å². The third kappa shape index (κ3) is 4.82. The zero-order valence-electron chi connectivity index (χ0n) is 13.7. The molecule has 0 radical (unpaired) electrons. The van der Waals surface area contributed by atoms with Crippen LogP contribution >= 0.6 is 0 Å². The Balaban J connectivity index is 1.82. The smallest absolute Gasteiger partial charge is 0.0695 e. The highest BCUT2D eigenvalue weighted by Crippen LogP contribution is 2.25. The van der Waals surface area contributed by atoms with Crippen molar-refractivity contribution in [1.82, 2.24) is 4.90 Å². The minimum absolute atomic E-state index is 0.148. The Kier molecular flexibility index (Phi) is 6.72. The summed E-state index contributed by atoms with van der Waals surface area (Å²) in [6.07, 6.45) is 6.66. The lowest BCUT2D eigenvalue weighted by molar-refractivity contribution is 0.0223. The van der Waals surface area contributed by atoms with Gasteiger partial charge in [-0.2, -0.15) is 0 Å². The number of nitrogens with zero attached hydrogens (tertiary/aromatic N) is 1. The van der Waals surface area contributed by atoms with Gasteiger partial charge in [0.05, 0.1) is 6.10 Å². The van der Waals surface area contributed by atoms with Crippen molar-refractivity contribution in [2.24, 2.45) is 5.92 Å². The minimum Gasteiger partial charge on any atom is -0.391 e. The average Bonchev–Trinajstić information content (AvgIpc) is 2.51. The van der Waals surface area contributed by atoms with E-state index in [0.29, 0.717) is 6.04 Å². The fraction of sp³-hybridized carbons (Fsp3) is 0.684. The van der Waals surface area contributed by atoms with Gasteiger partial charge in [0.25, 0.3) is 0 Å². The van der Waals surface area contributed by atoms with Gasteiger partial charge < -0.3 is 5.11 Å². The maximum atomic E-state index is 10.3. The molecule has 1 heterocycles. The average molecular weight is 289 g/mol. The van der Waals surface area contributed by atoms with Gasteiger partial charge in [-0.3, -0.25) is 4.90 Å². The van der Waals surface area contributed by atoms with Gasteiger partial charge in [0.1, 0.15) is 0 Å². The summed E-state index contributed by atoms with van der Waals surface area (Å²) in [5, 5.41) is 10.3. The van der Waals surface area contributed by atoms with E-state index in [1.807, 2.05) is 0 Å². The lowest BCUT2D eigenvalue weighted by Crippen LogP contribution is -2.47. The topological polar surface area (TPSA) is 23.5 Å². The first-order valence-electron chi connectivity index (χ1n) is 8.70. The molecule has 2 nitrogen and oxygen atoms in total. The molecule has 0 aromatic heterocycles. The lowest BCUT2D eigenvalue weighted by atomic mass is 9.88. The molecule has 1 aromatic carbocycles. The molecule has 1 saturated heterocycles. The molecule has 1 aliphatic heterocycles. The van der Waals surface area contributed by atoms with E-state index in [4.69, 9.17) is 0 Å². The van der Waals surface area contributed by atoms with Gasteiger partial charge in [0.2, 0.25) is 0 Å². The van der Waals surface area contributed by atoms with E-state index in [1.54, 1.807) is 0 Å². The fourth-order valence-electron chi connectivity index (χ4n) is 3.70. The molecule has 0 bridgehead atoms. The minimum atomic E-state index is -0.148. The molecule has 2 heteroatoms. The molecule has 1 fully saturated rings. The molecule has 2 rings (SSSR count). The maximum Gasteiger partial charge on any atom is 0.0695 e. The predicted molar refractivity (Wildman–Crippen MR) is 89.4 cm³/mol. The second-order valence-electron chi connectivity index (χ2n) is 6.50. The number of aliphatic hydroxyl groups excluding tert-OH is 1. The maximum absolute atomic E-state index is 10.3. The molecule has 21 heavy (non-hydrogen) atoms. The predicted octanol–water partition coefficient (Wildman–Crippen LogP) is 3.88. The summed E-state index contributed by atoms with van der Waals surface area (Å²) in [7, 11) is 0. The Labute approximate surface area is 130 Å². The van der Waals surface area contributed by atoms with Gasteiger partial charge in [0, 0.05) is 6.04 Å². The molecule has 1 aliphatic rings. The Bertz CT molecular complexity index is 384. The van der Waals surface area contributed by atoms with Crippen molar-refractivity contribution >= 4 is 0 Å². The third-order valence-corrected chi connectivity index (χ3v) is 4.93. The van der Waals surface area contributed by atoms with E-state index < -0.39 is 0 Å². The van der Waals surface area contributed by atoms with Crippen LogP contribution in [-0.2, 0) is 6.42 Å². The summed E-state index contributed by atoms with van der Waals surface area (Å²) in [6, 6.07) is 11.2.